The van der Waals surface area contributed by atoms with Crippen LogP contribution < -0.4 is 0 Å². The molecule has 0 aromatic rings. The van der Waals surface area contributed by atoms with Crippen LogP contribution in [0.2, 0.25) is 0 Å². The molecule has 0 heterocycles. The molecule has 4 fully saturated rings. The van der Waals surface area contributed by atoms with Gasteiger partial charge in [0.05, 0.1) is 18.8 Å². The summed E-state index contributed by atoms with van der Waals surface area (Å²) in [6.07, 6.45) is 7.17. The molecule has 0 aromatic carbocycles. The Bertz CT molecular complexity index is 239. The van der Waals surface area contributed by atoms with E-state index in [0.717, 1.165) is 17.8 Å². The van der Waals surface area contributed by atoms with E-state index in [1.165, 1.54) is 45.4 Å². The van der Waals surface area contributed by atoms with Crippen LogP contribution in [0.5, 0.6) is 0 Å². The van der Waals surface area contributed by atoms with Gasteiger partial charge < -0.3 is 9.47 Å². The van der Waals surface area contributed by atoms with Crippen molar-refractivity contribution in [1.29, 1.82) is 0 Å². The Morgan fingerprint density at radius 3 is 2.06 bits per heavy atom. The average Bonchev–Trinajstić information content (AvgIpc) is 2.22. The summed E-state index contributed by atoms with van der Waals surface area (Å²) in [4.78, 5) is 0. The Kier molecular flexibility index (Phi) is 3.18. The Morgan fingerprint density at radius 1 is 1.06 bits per heavy atom. The van der Waals surface area contributed by atoms with Gasteiger partial charge in [-0.15, -0.1) is 0 Å². The molecule has 3 heteroatoms. The van der Waals surface area contributed by atoms with Gasteiger partial charge in [-0.3, -0.25) is 0 Å². The zero-order valence-corrected chi connectivity index (χ0v) is 10.7. The lowest BCUT2D eigenvalue weighted by molar-refractivity contribution is -0.187. The fourth-order valence-electron chi connectivity index (χ4n) is 4.68. The summed E-state index contributed by atoms with van der Waals surface area (Å²) in [5, 5.41) is 10.8. The maximum Gasteiger partial charge on any atom is 0.188 e. The van der Waals surface area contributed by atoms with Gasteiger partial charge >= 0.3 is 0 Å². The summed E-state index contributed by atoms with van der Waals surface area (Å²) in [6, 6.07) is 0. The van der Waals surface area contributed by atoms with Crippen LogP contribution in [-0.4, -0.2) is 25.1 Å². The van der Waals surface area contributed by atoms with Crippen molar-refractivity contribution in [2.75, 3.05) is 13.2 Å². The van der Waals surface area contributed by atoms with Gasteiger partial charge in [-0.1, -0.05) is 0 Å². The quantitative estimate of drug-likeness (QED) is 0.546. The van der Waals surface area contributed by atoms with Crippen molar-refractivity contribution in [1.82, 2.24) is 0 Å². The first-order valence-electron chi connectivity index (χ1n) is 7.07. The Morgan fingerprint density at radius 2 is 1.59 bits per heavy atom. The molecular formula is C14H23O3. The van der Waals surface area contributed by atoms with Gasteiger partial charge in [0.2, 0.25) is 0 Å². The maximum atomic E-state index is 10.8. The zero-order chi connectivity index (χ0) is 11.9. The monoisotopic (exact) mass is 239 g/mol. The molecule has 1 radical (unpaired) electrons. The van der Waals surface area contributed by atoms with Crippen LogP contribution in [-0.2, 0) is 14.6 Å². The summed E-state index contributed by atoms with van der Waals surface area (Å²) in [6.45, 7) is 2.58. The first-order valence-corrected chi connectivity index (χ1v) is 7.07. The van der Waals surface area contributed by atoms with Crippen LogP contribution in [0, 0.1) is 17.8 Å². The van der Waals surface area contributed by atoms with Crippen LogP contribution in [0.15, 0.2) is 0 Å². The van der Waals surface area contributed by atoms with Crippen molar-refractivity contribution in [2.45, 2.75) is 57.3 Å². The Hall–Kier alpha value is -0.120. The highest BCUT2D eigenvalue weighted by molar-refractivity contribution is 5.03. The number of hydrogen-bond donors (Lipinski definition) is 0. The lowest BCUT2D eigenvalue weighted by Gasteiger charge is -2.56. The van der Waals surface area contributed by atoms with Crippen molar-refractivity contribution in [3.8, 4) is 0 Å². The largest absolute Gasteiger partial charge is 0.373 e. The lowest BCUT2D eigenvalue weighted by Crippen LogP contribution is -2.52. The van der Waals surface area contributed by atoms with Gasteiger partial charge in [0.1, 0.15) is 0 Å². The minimum absolute atomic E-state index is 0.157. The second-order valence-corrected chi connectivity index (χ2v) is 6.39. The zero-order valence-electron chi connectivity index (χ0n) is 10.7. The highest BCUT2D eigenvalue weighted by Gasteiger charge is 2.51. The van der Waals surface area contributed by atoms with E-state index in [9.17, 15) is 5.11 Å². The number of rotatable bonds is 5. The molecule has 4 aliphatic carbocycles. The number of hydrogen-bond acceptors (Lipinski definition) is 2. The Labute approximate surface area is 103 Å². The predicted molar refractivity (Wildman–Crippen MR) is 63.0 cm³/mol. The molecule has 17 heavy (non-hydrogen) atoms. The van der Waals surface area contributed by atoms with E-state index in [1.54, 1.807) is 0 Å². The van der Waals surface area contributed by atoms with Crippen molar-refractivity contribution in [3.63, 3.8) is 0 Å². The summed E-state index contributed by atoms with van der Waals surface area (Å²) in [7, 11) is 0. The van der Waals surface area contributed by atoms with Gasteiger partial charge in [0.25, 0.3) is 0 Å². The van der Waals surface area contributed by atoms with Crippen molar-refractivity contribution < 1.29 is 14.6 Å². The SMILES string of the molecule is CC([O])OCCOC12CC3CC(CC(C3)C1)C2. The molecule has 97 valence electrons. The topological polar surface area (TPSA) is 38.4 Å². The first kappa shape index (κ1) is 11.9. The van der Waals surface area contributed by atoms with E-state index in [2.05, 4.69) is 0 Å². The first-order chi connectivity index (χ1) is 8.15. The molecule has 4 aliphatic rings. The summed E-state index contributed by atoms with van der Waals surface area (Å²) in [5.41, 5.74) is 0.157. The van der Waals surface area contributed by atoms with Gasteiger partial charge in [0.15, 0.2) is 6.29 Å². The molecule has 3 nitrogen and oxygen atoms in total. The van der Waals surface area contributed by atoms with Crippen molar-refractivity contribution in [2.24, 2.45) is 17.8 Å². The maximum absolute atomic E-state index is 10.8. The third-order valence-corrected chi connectivity index (χ3v) is 4.83. The van der Waals surface area contributed by atoms with E-state index >= 15 is 0 Å². The molecule has 1 atom stereocenters. The molecule has 0 N–H and O–H groups in total. The second-order valence-electron chi connectivity index (χ2n) is 6.39. The van der Waals surface area contributed by atoms with E-state index in [-0.39, 0.29) is 5.60 Å². The smallest absolute Gasteiger partial charge is 0.188 e. The molecule has 4 bridgehead atoms. The van der Waals surface area contributed by atoms with Gasteiger partial charge in [0, 0.05) is 0 Å². The molecular weight excluding hydrogens is 216 g/mol. The Balaban J connectivity index is 1.52. The fraction of sp³-hybridized carbons (Fsp3) is 1.00. The normalized spacial score (nSPS) is 45.2. The summed E-state index contributed by atoms with van der Waals surface area (Å²) < 4.78 is 11.2. The van der Waals surface area contributed by atoms with Crippen LogP contribution >= 0.6 is 0 Å². The van der Waals surface area contributed by atoms with E-state index in [0.29, 0.717) is 13.2 Å². The fourth-order valence-corrected chi connectivity index (χ4v) is 4.68. The van der Waals surface area contributed by atoms with Gasteiger partial charge in [-0.25, -0.2) is 5.11 Å². The molecule has 0 aliphatic heterocycles. The predicted octanol–water partition coefficient (Wildman–Crippen LogP) is 2.76. The van der Waals surface area contributed by atoms with Crippen molar-refractivity contribution in [3.05, 3.63) is 0 Å². The van der Waals surface area contributed by atoms with Gasteiger partial charge in [-0.2, -0.15) is 0 Å². The molecule has 1 unspecified atom stereocenters. The third-order valence-electron chi connectivity index (χ3n) is 4.83. The van der Waals surface area contributed by atoms with Crippen LogP contribution in [0.4, 0.5) is 0 Å². The summed E-state index contributed by atoms with van der Waals surface area (Å²) >= 11 is 0. The average molecular weight is 239 g/mol. The number of ether oxygens (including phenoxy) is 2. The van der Waals surface area contributed by atoms with Crippen LogP contribution in [0.25, 0.3) is 0 Å². The summed E-state index contributed by atoms with van der Waals surface area (Å²) in [5.74, 6) is 2.75. The molecule has 0 amide bonds. The second kappa shape index (κ2) is 4.52. The standard InChI is InChI=1S/C14H23O3/c1-10(15)16-2-3-17-14-7-11-4-12(8-14)6-13(5-11)9-14/h10-13H,2-9H2,1H3. The molecule has 4 rings (SSSR count). The highest BCUT2D eigenvalue weighted by Crippen LogP contribution is 2.57. The third kappa shape index (κ3) is 2.51. The van der Waals surface area contributed by atoms with Crippen LogP contribution in [0.1, 0.15) is 45.4 Å². The molecule has 0 aromatic heterocycles. The van der Waals surface area contributed by atoms with E-state index < -0.39 is 6.29 Å². The van der Waals surface area contributed by atoms with Gasteiger partial charge in [-0.05, 0) is 63.2 Å². The minimum Gasteiger partial charge on any atom is -0.373 e. The molecule has 4 saturated carbocycles. The molecule has 0 saturated heterocycles. The van der Waals surface area contributed by atoms with E-state index in [4.69, 9.17) is 9.47 Å². The van der Waals surface area contributed by atoms with Crippen LogP contribution in [0.3, 0.4) is 0 Å². The minimum atomic E-state index is -0.921. The highest BCUT2D eigenvalue weighted by atomic mass is 16.6. The van der Waals surface area contributed by atoms with Crippen molar-refractivity contribution >= 4 is 0 Å². The molecule has 0 spiro atoms. The lowest BCUT2D eigenvalue weighted by atomic mass is 9.54. The van der Waals surface area contributed by atoms with E-state index in [1.807, 2.05) is 0 Å².